The smallest absolute Gasteiger partial charge is 0.270 e. The number of ether oxygens (including phenoxy) is 2. The molecule has 0 spiro atoms. The lowest BCUT2D eigenvalue weighted by atomic mass is 10.1. The molecule has 1 aliphatic heterocycles. The van der Waals surface area contributed by atoms with Crippen LogP contribution in [0.3, 0.4) is 0 Å². The minimum atomic E-state index is -0.772. The van der Waals surface area contributed by atoms with Crippen molar-refractivity contribution < 1.29 is 19.2 Å². The van der Waals surface area contributed by atoms with Crippen LogP contribution in [0, 0.1) is 10.1 Å². The zero-order valence-electron chi connectivity index (χ0n) is 13.8. The highest BCUT2D eigenvalue weighted by Gasteiger charge is 2.27. The highest BCUT2D eigenvalue weighted by molar-refractivity contribution is 7.14. The Labute approximate surface area is 157 Å². The summed E-state index contributed by atoms with van der Waals surface area (Å²) in [6.45, 7) is 0.115. The van der Waals surface area contributed by atoms with Gasteiger partial charge in [0.15, 0.2) is 16.6 Å². The average Bonchev–Trinajstić information content (AvgIpc) is 3.16. The third-order valence-electron chi connectivity index (χ3n) is 3.91. The second-order valence-electron chi connectivity index (χ2n) is 5.70. The van der Waals surface area contributed by atoms with Gasteiger partial charge in [-0.2, -0.15) is 0 Å². The van der Waals surface area contributed by atoms with Gasteiger partial charge in [-0.3, -0.25) is 20.2 Å². The standard InChI is InChI=1S/C18H13N3O5S/c22-17(16-9-25-14-3-1-2-4-15(14)26-16)20-18-19-13(10-27-18)11-5-7-12(8-6-11)21(23)24/h1-8,10,16H,9H2,(H,19,20,22)/t16-/m1/s1. The number of nitrogens with one attached hydrogen (secondary N) is 1. The summed E-state index contributed by atoms with van der Waals surface area (Å²) in [6.07, 6.45) is -0.772. The molecule has 0 unspecified atom stereocenters. The van der Waals surface area contributed by atoms with Gasteiger partial charge in [0.25, 0.3) is 11.6 Å². The molecule has 0 saturated heterocycles. The van der Waals surface area contributed by atoms with Gasteiger partial charge in [-0.15, -0.1) is 11.3 Å². The Morgan fingerprint density at radius 1 is 1.19 bits per heavy atom. The number of carbonyl (C=O) groups is 1. The molecule has 27 heavy (non-hydrogen) atoms. The van der Waals surface area contributed by atoms with Crippen molar-refractivity contribution >= 4 is 28.1 Å². The molecule has 0 bridgehead atoms. The molecule has 0 aliphatic carbocycles. The quantitative estimate of drug-likeness (QED) is 0.546. The van der Waals surface area contributed by atoms with E-state index in [1.165, 1.54) is 23.5 Å². The minimum Gasteiger partial charge on any atom is -0.485 e. The molecule has 4 rings (SSSR count). The van der Waals surface area contributed by atoms with Crippen molar-refractivity contribution in [2.45, 2.75) is 6.10 Å². The highest BCUT2D eigenvalue weighted by Crippen LogP contribution is 2.31. The van der Waals surface area contributed by atoms with Crippen LogP contribution in [0.15, 0.2) is 53.9 Å². The number of benzene rings is 2. The van der Waals surface area contributed by atoms with Gasteiger partial charge in [0, 0.05) is 23.1 Å². The van der Waals surface area contributed by atoms with Crippen molar-refractivity contribution in [2.75, 3.05) is 11.9 Å². The van der Waals surface area contributed by atoms with Crippen LogP contribution < -0.4 is 14.8 Å². The summed E-state index contributed by atoms with van der Waals surface area (Å²) in [5.74, 6) is 0.778. The van der Waals surface area contributed by atoms with E-state index in [9.17, 15) is 14.9 Å². The second-order valence-corrected chi connectivity index (χ2v) is 6.55. The first-order chi connectivity index (χ1) is 13.1. The molecule has 1 aliphatic rings. The number of anilines is 1. The summed E-state index contributed by atoms with van der Waals surface area (Å²) in [5, 5.41) is 15.6. The maximum atomic E-state index is 12.4. The molecule has 9 heteroatoms. The Morgan fingerprint density at radius 2 is 1.93 bits per heavy atom. The Kier molecular flexibility index (Phi) is 4.43. The number of thiazole rings is 1. The first-order valence-corrected chi connectivity index (χ1v) is 8.88. The van der Waals surface area contributed by atoms with Gasteiger partial charge in [-0.1, -0.05) is 12.1 Å². The fourth-order valence-electron chi connectivity index (χ4n) is 2.55. The molecule has 1 N–H and O–H groups in total. The van der Waals surface area contributed by atoms with Gasteiger partial charge >= 0.3 is 0 Å². The molecule has 2 heterocycles. The first kappa shape index (κ1) is 17.0. The van der Waals surface area contributed by atoms with Gasteiger partial charge < -0.3 is 9.47 Å². The molecule has 1 atom stereocenters. The SMILES string of the molecule is O=C(Nc1nc(-c2ccc([N+](=O)[O-])cc2)cs1)[C@H]1COc2ccccc2O1. The number of non-ortho nitro benzene ring substituents is 1. The molecular weight excluding hydrogens is 370 g/mol. The van der Waals surface area contributed by atoms with Gasteiger partial charge in [-0.05, 0) is 24.3 Å². The van der Waals surface area contributed by atoms with Gasteiger partial charge in [0.2, 0.25) is 6.10 Å². The summed E-state index contributed by atoms with van der Waals surface area (Å²) < 4.78 is 11.2. The van der Waals surface area contributed by atoms with Crippen molar-refractivity contribution in [1.82, 2.24) is 4.98 Å². The number of amides is 1. The Bertz CT molecular complexity index is 1000. The van der Waals surface area contributed by atoms with Gasteiger partial charge in [0.05, 0.1) is 10.6 Å². The molecular formula is C18H13N3O5S. The number of rotatable bonds is 4. The van der Waals surface area contributed by atoms with Crippen molar-refractivity contribution in [3.63, 3.8) is 0 Å². The van der Waals surface area contributed by atoms with Crippen LogP contribution in [0.25, 0.3) is 11.3 Å². The molecule has 1 amide bonds. The summed E-state index contributed by atoms with van der Waals surface area (Å²) >= 11 is 1.26. The fraction of sp³-hybridized carbons (Fsp3) is 0.111. The number of para-hydroxylation sites is 2. The predicted molar refractivity (Wildman–Crippen MR) is 99.2 cm³/mol. The van der Waals surface area contributed by atoms with Crippen molar-refractivity contribution in [1.29, 1.82) is 0 Å². The number of hydrogen-bond acceptors (Lipinski definition) is 7. The van der Waals surface area contributed by atoms with Gasteiger partial charge in [-0.25, -0.2) is 4.98 Å². The number of nitrogens with zero attached hydrogens (tertiary/aromatic N) is 2. The Hall–Kier alpha value is -3.46. The van der Waals surface area contributed by atoms with Crippen LogP contribution in [0.1, 0.15) is 0 Å². The number of fused-ring (bicyclic) bond motifs is 1. The van der Waals surface area contributed by atoms with Gasteiger partial charge in [0.1, 0.15) is 6.61 Å². The molecule has 3 aromatic rings. The third-order valence-corrected chi connectivity index (χ3v) is 4.67. The van der Waals surface area contributed by atoms with Crippen LogP contribution in [0.5, 0.6) is 11.5 Å². The van der Waals surface area contributed by atoms with E-state index in [-0.39, 0.29) is 18.2 Å². The molecule has 0 saturated carbocycles. The zero-order chi connectivity index (χ0) is 18.8. The topological polar surface area (TPSA) is 104 Å². The fourth-order valence-corrected chi connectivity index (χ4v) is 3.27. The molecule has 8 nitrogen and oxygen atoms in total. The van der Waals surface area contributed by atoms with E-state index in [1.807, 2.05) is 6.07 Å². The van der Waals surface area contributed by atoms with Crippen molar-refractivity contribution in [3.05, 3.63) is 64.0 Å². The van der Waals surface area contributed by atoms with E-state index in [1.54, 1.807) is 35.7 Å². The van der Waals surface area contributed by atoms with Crippen molar-refractivity contribution in [3.8, 4) is 22.8 Å². The lowest BCUT2D eigenvalue weighted by Crippen LogP contribution is -2.40. The van der Waals surface area contributed by atoms with E-state index in [2.05, 4.69) is 10.3 Å². The monoisotopic (exact) mass is 383 g/mol. The lowest BCUT2D eigenvalue weighted by Gasteiger charge is -2.25. The molecule has 0 fully saturated rings. The minimum absolute atomic E-state index is 0.0113. The molecule has 0 radical (unpaired) electrons. The summed E-state index contributed by atoms with van der Waals surface area (Å²) in [6, 6.07) is 13.2. The normalized spacial score (nSPS) is 15.2. The van der Waals surface area contributed by atoms with Crippen LogP contribution >= 0.6 is 11.3 Å². The highest BCUT2D eigenvalue weighted by atomic mass is 32.1. The number of carbonyl (C=O) groups excluding carboxylic acids is 1. The van der Waals surface area contributed by atoms with E-state index in [4.69, 9.17) is 9.47 Å². The summed E-state index contributed by atoms with van der Waals surface area (Å²) in [4.78, 5) is 27.0. The van der Waals surface area contributed by atoms with Crippen LogP contribution in [-0.2, 0) is 4.79 Å². The van der Waals surface area contributed by atoms with E-state index in [0.29, 0.717) is 22.3 Å². The largest absolute Gasteiger partial charge is 0.485 e. The van der Waals surface area contributed by atoms with Crippen LogP contribution in [0.2, 0.25) is 0 Å². The molecule has 1 aromatic heterocycles. The van der Waals surface area contributed by atoms with E-state index >= 15 is 0 Å². The molecule has 2 aromatic carbocycles. The predicted octanol–water partition coefficient (Wildman–Crippen LogP) is 3.50. The Balaban J connectivity index is 1.43. The average molecular weight is 383 g/mol. The first-order valence-electron chi connectivity index (χ1n) is 8.00. The number of nitro benzene ring substituents is 1. The Morgan fingerprint density at radius 3 is 2.67 bits per heavy atom. The number of aromatic nitrogens is 1. The van der Waals surface area contributed by atoms with Crippen LogP contribution in [-0.4, -0.2) is 28.5 Å². The summed E-state index contributed by atoms with van der Waals surface area (Å²) in [7, 11) is 0. The van der Waals surface area contributed by atoms with Crippen LogP contribution in [0.4, 0.5) is 10.8 Å². The number of nitro groups is 1. The maximum Gasteiger partial charge on any atom is 0.270 e. The zero-order valence-corrected chi connectivity index (χ0v) is 14.6. The van der Waals surface area contributed by atoms with E-state index < -0.39 is 11.0 Å². The molecule has 136 valence electrons. The maximum absolute atomic E-state index is 12.4. The number of hydrogen-bond donors (Lipinski definition) is 1. The van der Waals surface area contributed by atoms with E-state index in [0.717, 1.165) is 5.56 Å². The lowest BCUT2D eigenvalue weighted by molar-refractivity contribution is -0.384. The summed E-state index contributed by atoms with van der Waals surface area (Å²) in [5.41, 5.74) is 1.36. The third kappa shape index (κ3) is 3.58. The second kappa shape index (κ2) is 7.04. The van der Waals surface area contributed by atoms with Crippen molar-refractivity contribution in [2.24, 2.45) is 0 Å².